The zero-order chi connectivity index (χ0) is 23.8. The first kappa shape index (κ1) is 22.4. The van der Waals surface area contributed by atoms with Crippen LogP contribution in [0.2, 0.25) is 0 Å². The number of rotatable bonds is 3. The van der Waals surface area contributed by atoms with Crippen molar-refractivity contribution in [2.75, 3.05) is 4.90 Å². The number of pyridine rings is 1. The molecule has 1 amide bonds. The minimum absolute atomic E-state index is 0.132. The van der Waals surface area contributed by atoms with Crippen LogP contribution in [-0.4, -0.2) is 20.7 Å². The number of aryl methyl sites for hydroxylation is 1. The van der Waals surface area contributed by atoms with Gasteiger partial charge in [0.25, 0.3) is 11.5 Å². The van der Waals surface area contributed by atoms with E-state index in [1.165, 1.54) is 4.68 Å². The van der Waals surface area contributed by atoms with Gasteiger partial charge in [0.1, 0.15) is 5.54 Å². The van der Waals surface area contributed by atoms with E-state index in [2.05, 4.69) is 10.1 Å². The summed E-state index contributed by atoms with van der Waals surface area (Å²) in [6.07, 6.45) is 3.88. The average molecular weight is 442 g/mol. The van der Waals surface area contributed by atoms with E-state index in [1.807, 2.05) is 62.4 Å². The van der Waals surface area contributed by atoms with Gasteiger partial charge in [-0.15, -0.1) is 0 Å². The van der Waals surface area contributed by atoms with E-state index in [0.717, 1.165) is 27.9 Å². The topological polar surface area (TPSA) is 94.1 Å². The van der Waals surface area contributed by atoms with Gasteiger partial charge in [-0.3, -0.25) is 19.5 Å². The molecule has 2 N–H and O–H groups in total. The second-order valence-corrected chi connectivity index (χ2v) is 8.01. The van der Waals surface area contributed by atoms with Crippen LogP contribution in [0.1, 0.15) is 37.6 Å². The van der Waals surface area contributed by atoms with E-state index in [1.54, 1.807) is 37.3 Å². The summed E-state index contributed by atoms with van der Waals surface area (Å²) in [6, 6.07) is 16.9. The second kappa shape index (κ2) is 8.60. The van der Waals surface area contributed by atoms with Crippen LogP contribution in [-0.2, 0) is 23.8 Å². The first-order valence-corrected chi connectivity index (χ1v) is 11.0. The highest BCUT2D eigenvalue weighted by Crippen LogP contribution is 2.42. The molecule has 0 fully saturated rings. The van der Waals surface area contributed by atoms with Crippen LogP contribution in [0.15, 0.2) is 71.8 Å². The molecule has 2 aromatic heterocycles. The Kier molecular flexibility index (Phi) is 5.82. The molecule has 1 aliphatic rings. The van der Waals surface area contributed by atoms with Crippen LogP contribution in [0, 0.1) is 0 Å². The second-order valence-electron chi connectivity index (χ2n) is 8.01. The van der Waals surface area contributed by atoms with E-state index in [0.29, 0.717) is 17.5 Å². The third kappa shape index (κ3) is 3.70. The summed E-state index contributed by atoms with van der Waals surface area (Å²) in [5.74, 6) is -0.196. The first-order chi connectivity index (χ1) is 15.9. The van der Waals surface area contributed by atoms with Crippen molar-refractivity contribution in [1.82, 2.24) is 14.8 Å². The molecule has 4 aromatic rings. The lowest BCUT2D eigenvalue weighted by Gasteiger charge is -2.20. The molecular formula is C26H27N5O2. The molecule has 7 nitrogen and oxygen atoms in total. The van der Waals surface area contributed by atoms with Gasteiger partial charge in [-0.1, -0.05) is 50.2 Å². The Morgan fingerprint density at radius 3 is 2.39 bits per heavy atom. The normalized spacial score (nSPS) is 17.0. The molecule has 3 heterocycles. The van der Waals surface area contributed by atoms with Crippen LogP contribution in [0.5, 0.6) is 0 Å². The molecule has 0 spiro atoms. The minimum atomic E-state index is -1.10. The van der Waals surface area contributed by atoms with Crippen LogP contribution in [0.25, 0.3) is 10.8 Å². The summed E-state index contributed by atoms with van der Waals surface area (Å²) in [5.41, 5.74) is 8.99. The Balaban J connectivity index is 0.00000126. The molecule has 1 unspecified atom stereocenters. The Morgan fingerprint density at radius 2 is 1.64 bits per heavy atom. The molecule has 0 radical (unpaired) electrons. The highest BCUT2D eigenvalue weighted by atomic mass is 16.2. The summed E-state index contributed by atoms with van der Waals surface area (Å²) >= 11 is 0. The number of benzene rings is 2. The maximum atomic E-state index is 13.1. The van der Waals surface area contributed by atoms with Crippen molar-refractivity contribution >= 4 is 28.1 Å². The fraction of sp³-hybridized carbons (Fsp3) is 0.231. The molecule has 1 aliphatic heterocycles. The third-order valence-electron chi connectivity index (χ3n) is 5.80. The number of carbonyl (C=O) groups is 1. The van der Waals surface area contributed by atoms with E-state index < -0.39 is 5.54 Å². The maximum absolute atomic E-state index is 13.1. The fourth-order valence-corrected chi connectivity index (χ4v) is 4.21. The van der Waals surface area contributed by atoms with Crippen molar-refractivity contribution in [2.45, 2.75) is 32.7 Å². The molecule has 2 aromatic carbocycles. The van der Waals surface area contributed by atoms with Gasteiger partial charge in [-0.2, -0.15) is 5.10 Å². The molecule has 0 aliphatic carbocycles. The van der Waals surface area contributed by atoms with Crippen molar-refractivity contribution in [3.63, 3.8) is 0 Å². The zero-order valence-electron chi connectivity index (χ0n) is 19.2. The number of para-hydroxylation sites is 1. The van der Waals surface area contributed by atoms with Gasteiger partial charge in [0.15, 0.2) is 0 Å². The molecule has 33 heavy (non-hydrogen) atoms. The van der Waals surface area contributed by atoms with E-state index in [9.17, 15) is 9.59 Å². The van der Waals surface area contributed by atoms with Crippen LogP contribution < -0.4 is 16.2 Å². The number of carbonyl (C=O) groups excluding carboxylic acids is 1. The highest BCUT2D eigenvalue weighted by molar-refractivity contribution is 6.12. The Labute approximate surface area is 192 Å². The number of anilines is 2. The molecule has 0 bridgehead atoms. The Bertz CT molecular complexity index is 1410. The van der Waals surface area contributed by atoms with Gasteiger partial charge < -0.3 is 5.73 Å². The van der Waals surface area contributed by atoms with Gasteiger partial charge in [-0.05, 0) is 30.7 Å². The summed E-state index contributed by atoms with van der Waals surface area (Å²) in [6.45, 7) is 5.73. The molecule has 0 saturated heterocycles. The largest absolute Gasteiger partial charge is 0.314 e. The SMILES string of the molecule is CC.Cn1nc(Cc2cncc(N3C(=O)C(C)(N)c4ccccc43)c2)c2ccccc2c1=O. The third-order valence-corrected chi connectivity index (χ3v) is 5.80. The van der Waals surface area contributed by atoms with Gasteiger partial charge in [-0.25, -0.2) is 4.68 Å². The number of amides is 1. The first-order valence-electron chi connectivity index (χ1n) is 11.0. The van der Waals surface area contributed by atoms with Gasteiger partial charge in [0, 0.05) is 30.6 Å². The van der Waals surface area contributed by atoms with Crippen molar-refractivity contribution in [3.8, 4) is 0 Å². The highest BCUT2D eigenvalue weighted by Gasteiger charge is 2.45. The summed E-state index contributed by atoms with van der Waals surface area (Å²) < 4.78 is 1.36. The predicted octanol–water partition coefficient (Wildman–Crippen LogP) is 3.80. The van der Waals surface area contributed by atoms with E-state index in [-0.39, 0.29) is 11.5 Å². The quantitative estimate of drug-likeness (QED) is 0.522. The number of nitrogens with zero attached hydrogens (tertiary/aromatic N) is 4. The number of hydrogen-bond donors (Lipinski definition) is 1. The van der Waals surface area contributed by atoms with Gasteiger partial charge in [0.2, 0.25) is 0 Å². The number of hydrogen-bond acceptors (Lipinski definition) is 5. The van der Waals surface area contributed by atoms with E-state index >= 15 is 0 Å². The zero-order valence-corrected chi connectivity index (χ0v) is 19.2. The average Bonchev–Trinajstić information content (AvgIpc) is 3.04. The maximum Gasteiger partial charge on any atom is 0.274 e. The molecule has 168 valence electrons. The summed E-state index contributed by atoms with van der Waals surface area (Å²) in [7, 11) is 1.65. The number of nitrogens with two attached hydrogens (primary N) is 1. The lowest BCUT2D eigenvalue weighted by atomic mass is 9.95. The summed E-state index contributed by atoms with van der Waals surface area (Å²) in [4.78, 5) is 31.5. The van der Waals surface area contributed by atoms with Crippen molar-refractivity contribution in [1.29, 1.82) is 0 Å². The molecule has 7 heteroatoms. The molecule has 1 atom stereocenters. The number of aromatic nitrogens is 3. The number of fused-ring (bicyclic) bond motifs is 2. The predicted molar refractivity (Wildman–Crippen MR) is 131 cm³/mol. The van der Waals surface area contributed by atoms with Crippen LogP contribution >= 0.6 is 0 Å². The van der Waals surface area contributed by atoms with Crippen LogP contribution in [0.3, 0.4) is 0 Å². The van der Waals surface area contributed by atoms with Crippen molar-refractivity contribution in [2.24, 2.45) is 12.8 Å². The standard InChI is InChI=1S/C24H21N5O2.C2H6/c1-24(25)19-9-5-6-10-21(19)29(23(24)31)16-11-15(13-26-14-16)12-20-17-7-3-4-8-18(17)22(30)28(2)27-20;1-2/h3-11,13-14H,12,25H2,1-2H3;1-2H3. The van der Waals surface area contributed by atoms with Crippen molar-refractivity contribution < 1.29 is 4.79 Å². The van der Waals surface area contributed by atoms with Gasteiger partial charge in [0.05, 0.1) is 28.7 Å². The molecule has 0 saturated carbocycles. The van der Waals surface area contributed by atoms with Crippen LogP contribution in [0.4, 0.5) is 11.4 Å². The fourth-order valence-electron chi connectivity index (χ4n) is 4.21. The van der Waals surface area contributed by atoms with E-state index in [4.69, 9.17) is 5.73 Å². The monoisotopic (exact) mass is 441 g/mol. The Hall–Kier alpha value is -3.84. The minimum Gasteiger partial charge on any atom is -0.314 e. The van der Waals surface area contributed by atoms with Gasteiger partial charge >= 0.3 is 0 Å². The lowest BCUT2D eigenvalue weighted by Crippen LogP contribution is -2.43. The van der Waals surface area contributed by atoms with Crippen molar-refractivity contribution in [3.05, 3.63) is 94.2 Å². The molecular weight excluding hydrogens is 414 g/mol. The smallest absolute Gasteiger partial charge is 0.274 e. The molecule has 5 rings (SSSR count). The lowest BCUT2D eigenvalue weighted by molar-refractivity contribution is -0.121. The summed E-state index contributed by atoms with van der Waals surface area (Å²) in [5, 5.41) is 5.91. The Morgan fingerprint density at radius 1 is 0.970 bits per heavy atom.